The SMILES string of the molecule is CN(C)CCNc1cc(-c2ccccc2)nc(Nc2cccc(F)c2)n1. The summed E-state index contributed by atoms with van der Waals surface area (Å²) < 4.78 is 13.4. The Hall–Kier alpha value is -2.99. The summed E-state index contributed by atoms with van der Waals surface area (Å²) in [5.41, 5.74) is 2.40. The van der Waals surface area contributed by atoms with Gasteiger partial charge in [0.25, 0.3) is 0 Å². The Balaban J connectivity index is 1.89. The van der Waals surface area contributed by atoms with Gasteiger partial charge in [0.2, 0.25) is 5.95 Å². The van der Waals surface area contributed by atoms with Crippen LogP contribution in [-0.2, 0) is 0 Å². The number of hydrogen-bond acceptors (Lipinski definition) is 5. The summed E-state index contributed by atoms with van der Waals surface area (Å²) in [5, 5.41) is 6.40. The Morgan fingerprint density at radius 2 is 1.77 bits per heavy atom. The van der Waals surface area contributed by atoms with E-state index in [-0.39, 0.29) is 5.82 Å². The Morgan fingerprint density at radius 3 is 2.50 bits per heavy atom. The highest BCUT2D eigenvalue weighted by Gasteiger charge is 2.08. The average molecular weight is 351 g/mol. The quantitative estimate of drug-likeness (QED) is 0.674. The predicted octanol–water partition coefficient (Wildman–Crippen LogP) is 4.00. The highest BCUT2D eigenvalue weighted by atomic mass is 19.1. The zero-order chi connectivity index (χ0) is 18.4. The molecular formula is C20H22FN5. The molecule has 2 N–H and O–H groups in total. The molecule has 0 aliphatic rings. The largest absolute Gasteiger partial charge is 0.369 e. The van der Waals surface area contributed by atoms with Crippen LogP contribution in [0.4, 0.5) is 21.8 Å². The zero-order valence-electron chi connectivity index (χ0n) is 14.9. The van der Waals surface area contributed by atoms with Crippen LogP contribution < -0.4 is 10.6 Å². The minimum Gasteiger partial charge on any atom is -0.369 e. The lowest BCUT2D eigenvalue weighted by Crippen LogP contribution is -2.21. The summed E-state index contributed by atoms with van der Waals surface area (Å²) in [6.07, 6.45) is 0. The van der Waals surface area contributed by atoms with Gasteiger partial charge in [-0.25, -0.2) is 9.37 Å². The average Bonchev–Trinajstić information content (AvgIpc) is 2.62. The highest BCUT2D eigenvalue weighted by molar-refractivity contribution is 5.66. The predicted molar refractivity (Wildman–Crippen MR) is 104 cm³/mol. The molecule has 26 heavy (non-hydrogen) atoms. The van der Waals surface area contributed by atoms with Crippen molar-refractivity contribution in [2.75, 3.05) is 37.8 Å². The summed E-state index contributed by atoms with van der Waals surface area (Å²) in [7, 11) is 4.04. The van der Waals surface area contributed by atoms with E-state index < -0.39 is 0 Å². The lowest BCUT2D eigenvalue weighted by molar-refractivity contribution is 0.425. The molecule has 6 heteroatoms. The van der Waals surface area contributed by atoms with Gasteiger partial charge >= 0.3 is 0 Å². The Bertz CT molecular complexity index is 852. The molecule has 0 aliphatic carbocycles. The van der Waals surface area contributed by atoms with E-state index in [1.807, 2.05) is 50.5 Å². The van der Waals surface area contributed by atoms with E-state index in [1.165, 1.54) is 12.1 Å². The van der Waals surface area contributed by atoms with E-state index in [0.717, 1.165) is 30.2 Å². The number of hydrogen-bond donors (Lipinski definition) is 2. The molecule has 1 heterocycles. The van der Waals surface area contributed by atoms with Gasteiger partial charge in [0.05, 0.1) is 5.69 Å². The standard InChI is InChI=1S/C20H22FN5/c1-26(2)12-11-22-19-14-18(15-7-4-3-5-8-15)24-20(25-19)23-17-10-6-9-16(21)13-17/h3-10,13-14H,11-12H2,1-2H3,(H2,22,23,24,25). The zero-order valence-corrected chi connectivity index (χ0v) is 14.9. The molecular weight excluding hydrogens is 329 g/mol. The lowest BCUT2D eigenvalue weighted by Gasteiger charge is -2.13. The maximum Gasteiger partial charge on any atom is 0.229 e. The normalized spacial score (nSPS) is 10.8. The molecule has 0 atom stereocenters. The molecule has 3 rings (SSSR count). The van der Waals surface area contributed by atoms with Crippen molar-refractivity contribution >= 4 is 17.5 Å². The van der Waals surface area contributed by atoms with Crippen molar-refractivity contribution in [2.24, 2.45) is 0 Å². The van der Waals surface area contributed by atoms with Crippen LogP contribution in [0.5, 0.6) is 0 Å². The maximum atomic E-state index is 13.4. The van der Waals surface area contributed by atoms with Crippen molar-refractivity contribution in [3.63, 3.8) is 0 Å². The van der Waals surface area contributed by atoms with Crippen molar-refractivity contribution in [3.05, 3.63) is 66.5 Å². The van der Waals surface area contributed by atoms with Crippen LogP contribution >= 0.6 is 0 Å². The molecule has 0 radical (unpaired) electrons. The fraction of sp³-hybridized carbons (Fsp3) is 0.200. The molecule has 3 aromatic rings. The number of benzene rings is 2. The maximum absolute atomic E-state index is 13.4. The van der Waals surface area contributed by atoms with E-state index in [4.69, 9.17) is 0 Å². The number of nitrogens with one attached hydrogen (secondary N) is 2. The van der Waals surface area contributed by atoms with Gasteiger partial charge in [-0.2, -0.15) is 4.98 Å². The summed E-state index contributed by atoms with van der Waals surface area (Å²) >= 11 is 0. The summed E-state index contributed by atoms with van der Waals surface area (Å²) in [5.74, 6) is 0.836. The third-order valence-electron chi connectivity index (χ3n) is 3.74. The first kappa shape index (κ1) is 17.8. The van der Waals surface area contributed by atoms with E-state index in [2.05, 4.69) is 25.5 Å². The smallest absolute Gasteiger partial charge is 0.229 e. The third kappa shape index (κ3) is 5.00. The summed E-state index contributed by atoms with van der Waals surface area (Å²) in [6.45, 7) is 1.65. The molecule has 2 aromatic carbocycles. The second kappa shape index (κ2) is 8.40. The van der Waals surface area contributed by atoms with Gasteiger partial charge in [0.15, 0.2) is 0 Å². The Morgan fingerprint density at radius 1 is 0.962 bits per heavy atom. The first-order chi connectivity index (χ1) is 12.6. The number of nitrogens with zero attached hydrogens (tertiary/aromatic N) is 3. The molecule has 0 bridgehead atoms. The van der Waals surface area contributed by atoms with Crippen molar-refractivity contribution in [2.45, 2.75) is 0 Å². The topological polar surface area (TPSA) is 53.1 Å². The molecule has 0 fully saturated rings. The van der Waals surface area contributed by atoms with E-state index in [9.17, 15) is 4.39 Å². The van der Waals surface area contributed by atoms with Gasteiger partial charge in [-0.3, -0.25) is 0 Å². The number of likely N-dealkylation sites (N-methyl/N-ethyl adjacent to an activating group) is 1. The monoisotopic (exact) mass is 351 g/mol. The molecule has 0 aliphatic heterocycles. The minimum absolute atomic E-state index is 0.307. The molecule has 0 saturated carbocycles. The Kier molecular flexibility index (Phi) is 5.76. The molecule has 1 aromatic heterocycles. The third-order valence-corrected chi connectivity index (χ3v) is 3.74. The lowest BCUT2D eigenvalue weighted by atomic mass is 10.1. The minimum atomic E-state index is -0.307. The Labute approximate surface area is 152 Å². The van der Waals surface area contributed by atoms with Crippen molar-refractivity contribution in [1.82, 2.24) is 14.9 Å². The van der Waals surface area contributed by atoms with Gasteiger partial charge in [0.1, 0.15) is 11.6 Å². The van der Waals surface area contributed by atoms with Crippen LogP contribution in [0.1, 0.15) is 0 Å². The van der Waals surface area contributed by atoms with Gasteiger partial charge in [0, 0.05) is 30.4 Å². The van der Waals surface area contributed by atoms with Crippen LogP contribution in [-0.4, -0.2) is 42.1 Å². The summed E-state index contributed by atoms with van der Waals surface area (Å²) in [6, 6.07) is 18.1. The van der Waals surface area contributed by atoms with Crippen LogP contribution in [0, 0.1) is 5.82 Å². The van der Waals surface area contributed by atoms with Gasteiger partial charge < -0.3 is 15.5 Å². The molecule has 0 spiro atoms. The highest BCUT2D eigenvalue weighted by Crippen LogP contribution is 2.23. The van der Waals surface area contributed by atoms with Crippen molar-refractivity contribution in [3.8, 4) is 11.3 Å². The molecule has 134 valence electrons. The fourth-order valence-electron chi connectivity index (χ4n) is 2.45. The van der Waals surface area contributed by atoms with Crippen molar-refractivity contribution < 1.29 is 4.39 Å². The van der Waals surface area contributed by atoms with E-state index in [1.54, 1.807) is 12.1 Å². The second-order valence-corrected chi connectivity index (χ2v) is 6.19. The second-order valence-electron chi connectivity index (χ2n) is 6.19. The van der Waals surface area contributed by atoms with Gasteiger partial charge in [-0.1, -0.05) is 36.4 Å². The molecule has 5 nitrogen and oxygen atoms in total. The molecule has 0 unspecified atom stereocenters. The van der Waals surface area contributed by atoms with Crippen LogP contribution in [0.25, 0.3) is 11.3 Å². The number of halogens is 1. The van der Waals surface area contributed by atoms with E-state index in [0.29, 0.717) is 11.6 Å². The van der Waals surface area contributed by atoms with Gasteiger partial charge in [-0.15, -0.1) is 0 Å². The van der Waals surface area contributed by atoms with Crippen molar-refractivity contribution in [1.29, 1.82) is 0 Å². The summed E-state index contributed by atoms with van der Waals surface area (Å²) in [4.78, 5) is 11.2. The van der Waals surface area contributed by atoms with Crippen LogP contribution in [0.3, 0.4) is 0 Å². The first-order valence-corrected chi connectivity index (χ1v) is 8.46. The van der Waals surface area contributed by atoms with Crippen LogP contribution in [0.2, 0.25) is 0 Å². The number of anilines is 3. The van der Waals surface area contributed by atoms with Crippen LogP contribution in [0.15, 0.2) is 60.7 Å². The first-order valence-electron chi connectivity index (χ1n) is 8.46. The molecule has 0 amide bonds. The van der Waals surface area contributed by atoms with E-state index >= 15 is 0 Å². The van der Waals surface area contributed by atoms with Gasteiger partial charge in [-0.05, 0) is 32.3 Å². The fourth-order valence-corrected chi connectivity index (χ4v) is 2.45. The molecule has 0 saturated heterocycles. The number of rotatable bonds is 7. The number of aromatic nitrogens is 2.